The van der Waals surface area contributed by atoms with Crippen LogP contribution in [-0.2, 0) is 4.74 Å². The fourth-order valence-electron chi connectivity index (χ4n) is 3.18. The molecule has 2 aromatic rings. The lowest BCUT2D eigenvalue weighted by atomic mass is 10.1. The second kappa shape index (κ2) is 9.52. The van der Waals surface area contributed by atoms with Gasteiger partial charge in [-0.1, -0.05) is 0 Å². The summed E-state index contributed by atoms with van der Waals surface area (Å²) in [6.07, 6.45) is 0. The van der Waals surface area contributed by atoms with Gasteiger partial charge >= 0.3 is 5.97 Å². The van der Waals surface area contributed by atoms with E-state index in [9.17, 15) is 9.59 Å². The molecule has 6 nitrogen and oxygen atoms in total. The Labute approximate surface area is 176 Å². The van der Waals surface area contributed by atoms with E-state index in [0.717, 1.165) is 43.1 Å². The molecular weight excluding hydrogens is 386 g/mol. The molecule has 0 bridgehead atoms. The maximum Gasteiger partial charge on any atom is 0.338 e. The second-order valence-electron chi connectivity index (χ2n) is 6.81. The summed E-state index contributed by atoms with van der Waals surface area (Å²) < 4.78 is 4.99. The summed E-state index contributed by atoms with van der Waals surface area (Å²) in [6.45, 7) is 7.03. The Bertz CT molecular complexity index is 873. The van der Waals surface area contributed by atoms with Crippen LogP contribution in [0.15, 0.2) is 48.5 Å². The zero-order valence-electron chi connectivity index (χ0n) is 16.7. The average Bonchev–Trinajstić information content (AvgIpc) is 2.74. The number of nitrogens with zero attached hydrogens (tertiary/aromatic N) is 2. The molecule has 0 radical (unpaired) electrons. The van der Waals surface area contributed by atoms with Gasteiger partial charge in [0, 0.05) is 43.1 Å². The van der Waals surface area contributed by atoms with E-state index in [1.165, 1.54) is 0 Å². The monoisotopic (exact) mass is 411 g/mol. The van der Waals surface area contributed by atoms with Crippen molar-refractivity contribution in [3.05, 3.63) is 59.7 Å². The Hall–Kier alpha value is -2.93. The van der Waals surface area contributed by atoms with Gasteiger partial charge in [0.1, 0.15) is 0 Å². The van der Waals surface area contributed by atoms with Crippen molar-refractivity contribution in [3.63, 3.8) is 0 Å². The SMILES string of the molecule is CCOC(=O)c1ccc(NC(=S)N2CCN(c3ccc(C(C)=O)cc3)CC2)cc1. The van der Waals surface area contributed by atoms with Gasteiger partial charge < -0.3 is 19.9 Å². The zero-order chi connectivity index (χ0) is 20.8. The molecule has 7 heteroatoms. The fraction of sp³-hybridized carbons (Fsp3) is 0.318. The molecule has 0 aliphatic carbocycles. The van der Waals surface area contributed by atoms with E-state index in [4.69, 9.17) is 17.0 Å². The Balaban J connectivity index is 1.52. The quantitative estimate of drug-likeness (QED) is 0.458. The number of carbonyl (C=O) groups excluding carboxylic acids is 2. The maximum atomic E-state index is 11.7. The number of ether oxygens (including phenoxy) is 1. The van der Waals surface area contributed by atoms with Crippen LogP contribution in [0.1, 0.15) is 34.6 Å². The van der Waals surface area contributed by atoms with Gasteiger partial charge in [-0.3, -0.25) is 4.79 Å². The number of piperazine rings is 1. The van der Waals surface area contributed by atoms with Crippen molar-refractivity contribution in [2.24, 2.45) is 0 Å². The average molecular weight is 412 g/mol. The third-order valence-corrected chi connectivity index (χ3v) is 5.21. The standard InChI is InChI=1S/C22H25N3O3S/c1-3-28-21(27)18-4-8-19(9-5-18)23-22(29)25-14-12-24(13-15-25)20-10-6-17(7-11-20)16(2)26/h4-11H,3,12-15H2,1-2H3,(H,23,29). The highest BCUT2D eigenvalue weighted by Crippen LogP contribution is 2.18. The lowest BCUT2D eigenvalue weighted by Gasteiger charge is -2.37. The van der Waals surface area contributed by atoms with E-state index in [-0.39, 0.29) is 11.8 Å². The summed E-state index contributed by atoms with van der Waals surface area (Å²) >= 11 is 5.55. The smallest absolute Gasteiger partial charge is 0.338 e. The van der Waals surface area contributed by atoms with Gasteiger partial charge in [-0.15, -0.1) is 0 Å². The molecule has 0 amide bonds. The molecule has 0 aromatic heterocycles. The van der Waals surface area contributed by atoms with Crippen LogP contribution in [0.25, 0.3) is 0 Å². The predicted octanol–water partition coefficient (Wildman–Crippen LogP) is 3.58. The molecule has 3 rings (SSSR count). The van der Waals surface area contributed by atoms with Gasteiger partial charge in [-0.05, 0) is 74.6 Å². The lowest BCUT2D eigenvalue weighted by Crippen LogP contribution is -2.50. The molecule has 152 valence electrons. The van der Waals surface area contributed by atoms with E-state index < -0.39 is 0 Å². The number of Topliss-reactive ketones (excluding diaryl/α,β-unsaturated/α-hetero) is 1. The summed E-state index contributed by atoms with van der Waals surface area (Å²) in [5.41, 5.74) is 3.20. The molecule has 2 aromatic carbocycles. The minimum Gasteiger partial charge on any atom is -0.462 e. The fourth-order valence-corrected chi connectivity index (χ4v) is 3.48. The minimum absolute atomic E-state index is 0.0769. The molecule has 1 fully saturated rings. The third-order valence-electron chi connectivity index (χ3n) is 4.85. The summed E-state index contributed by atoms with van der Waals surface area (Å²) in [7, 11) is 0. The number of hydrogen-bond acceptors (Lipinski definition) is 5. The molecule has 1 aliphatic heterocycles. The number of anilines is 2. The number of rotatable bonds is 5. The highest BCUT2D eigenvalue weighted by Gasteiger charge is 2.19. The van der Waals surface area contributed by atoms with Crippen LogP contribution in [0.4, 0.5) is 11.4 Å². The van der Waals surface area contributed by atoms with Gasteiger partial charge in [0.15, 0.2) is 10.9 Å². The van der Waals surface area contributed by atoms with Gasteiger partial charge in [0.05, 0.1) is 12.2 Å². The normalized spacial score (nSPS) is 13.7. The van der Waals surface area contributed by atoms with Crippen molar-refractivity contribution >= 4 is 40.5 Å². The summed E-state index contributed by atoms with van der Waals surface area (Å²) in [6, 6.07) is 14.8. The van der Waals surface area contributed by atoms with E-state index in [2.05, 4.69) is 15.1 Å². The molecule has 1 aliphatic rings. The molecule has 0 spiro atoms. The van der Waals surface area contributed by atoms with Crippen LogP contribution >= 0.6 is 12.2 Å². The first-order valence-corrected chi connectivity index (χ1v) is 10.1. The van der Waals surface area contributed by atoms with Crippen LogP contribution < -0.4 is 10.2 Å². The molecule has 0 saturated carbocycles. The van der Waals surface area contributed by atoms with Crippen LogP contribution in [0.3, 0.4) is 0 Å². The minimum atomic E-state index is -0.325. The number of hydrogen-bond donors (Lipinski definition) is 1. The van der Waals surface area contributed by atoms with Crippen molar-refractivity contribution in [1.82, 2.24) is 4.90 Å². The molecule has 29 heavy (non-hydrogen) atoms. The Morgan fingerprint density at radius 1 is 0.966 bits per heavy atom. The van der Waals surface area contributed by atoms with Crippen molar-refractivity contribution in [2.75, 3.05) is 43.0 Å². The number of thiocarbonyl (C=S) groups is 1. The second-order valence-corrected chi connectivity index (χ2v) is 7.19. The third kappa shape index (κ3) is 5.32. The molecule has 1 heterocycles. The highest BCUT2D eigenvalue weighted by atomic mass is 32.1. The van der Waals surface area contributed by atoms with E-state index >= 15 is 0 Å². The predicted molar refractivity (Wildman–Crippen MR) is 119 cm³/mol. The summed E-state index contributed by atoms with van der Waals surface area (Å²) in [5, 5.41) is 3.90. The van der Waals surface area contributed by atoms with Crippen molar-refractivity contribution in [1.29, 1.82) is 0 Å². The van der Waals surface area contributed by atoms with Crippen LogP contribution in [0.2, 0.25) is 0 Å². The zero-order valence-corrected chi connectivity index (χ0v) is 17.5. The van der Waals surface area contributed by atoms with Crippen LogP contribution in [0.5, 0.6) is 0 Å². The lowest BCUT2D eigenvalue weighted by molar-refractivity contribution is 0.0526. The first kappa shape index (κ1) is 20.8. The van der Waals surface area contributed by atoms with Crippen LogP contribution in [-0.4, -0.2) is 54.6 Å². The van der Waals surface area contributed by atoms with Gasteiger partial charge in [0.25, 0.3) is 0 Å². The number of ketones is 1. The van der Waals surface area contributed by atoms with Gasteiger partial charge in [-0.2, -0.15) is 0 Å². The maximum absolute atomic E-state index is 11.7. The molecular formula is C22H25N3O3S. The van der Waals surface area contributed by atoms with Crippen molar-refractivity contribution < 1.29 is 14.3 Å². The topological polar surface area (TPSA) is 61.9 Å². The van der Waals surface area contributed by atoms with E-state index in [1.807, 2.05) is 36.4 Å². The Morgan fingerprint density at radius 2 is 1.55 bits per heavy atom. The molecule has 1 N–H and O–H groups in total. The number of carbonyl (C=O) groups is 2. The van der Waals surface area contributed by atoms with Crippen molar-refractivity contribution in [2.45, 2.75) is 13.8 Å². The van der Waals surface area contributed by atoms with Crippen molar-refractivity contribution in [3.8, 4) is 0 Å². The molecule has 1 saturated heterocycles. The summed E-state index contributed by atoms with van der Waals surface area (Å²) in [4.78, 5) is 27.6. The van der Waals surface area contributed by atoms with E-state index in [1.54, 1.807) is 26.0 Å². The van der Waals surface area contributed by atoms with E-state index in [0.29, 0.717) is 17.3 Å². The first-order valence-electron chi connectivity index (χ1n) is 9.67. The Kier molecular flexibility index (Phi) is 6.82. The van der Waals surface area contributed by atoms with Crippen LogP contribution in [0, 0.1) is 0 Å². The summed E-state index contributed by atoms with van der Waals surface area (Å²) in [5.74, 6) is -0.248. The molecule has 0 unspecified atom stereocenters. The largest absolute Gasteiger partial charge is 0.462 e. The first-order chi connectivity index (χ1) is 14.0. The number of nitrogens with one attached hydrogen (secondary N) is 1. The van der Waals surface area contributed by atoms with Gasteiger partial charge in [-0.25, -0.2) is 4.79 Å². The highest BCUT2D eigenvalue weighted by molar-refractivity contribution is 7.80. The number of esters is 1. The number of benzene rings is 2. The Morgan fingerprint density at radius 3 is 2.10 bits per heavy atom. The van der Waals surface area contributed by atoms with Gasteiger partial charge in [0.2, 0.25) is 0 Å². The molecule has 0 atom stereocenters.